The van der Waals surface area contributed by atoms with E-state index in [2.05, 4.69) is 10.6 Å². The van der Waals surface area contributed by atoms with Crippen molar-refractivity contribution in [1.29, 1.82) is 0 Å². The molecular weight excluding hydrogens is 334 g/mol. The standard InChI is InChI=1S/C18H25N5O3/c1-3-19-16(24)13-7-8-22(12-13)17(25)20-14-5-4-6-15(11-14)23-10-9-21(2)18(23)26/h4-6,11,13H,3,7-10,12H2,1-2H3,(H,19,24)(H,20,25)/t13-/m0/s1. The lowest BCUT2D eigenvalue weighted by atomic mass is 10.1. The lowest BCUT2D eigenvalue weighted by molar-refractivity contribution is -0.124. The monoisotopic (exact) mass is 359 g/mol. The molecule has 1 aromatic rings. The summed E-state index contributed by atoms with van der Waals surface area (Å²) in [5, 5.41) is 5.67. The van der Waals surface area contributed by atoms with Crippen LogP contribution < -0.4 is 15.5 Å². The molecule has 0 aliphatic carbocycles. The van der Waals surface area contributed by atoms with Crippen LogP contribution in [0.2, 0.25) is 0 Å². The Bertz CT molecular complexity index is 708. The van der Waals surface area contributed by atoms with Crippen molar-refractivity contribution in [2.24, 2.45) is 5.92 Å². The Morgan fingerprint density at radius 1 is 1.23 bits per heavy atom. The number of likely N-dealkylation sites (tertiary alicyclic amines) is 1. The van der Waals surface area contributed by atoms with Crippen LogP contribution in [0.15, 0.2) is 24.3 Å². The van der Waals surface area contributed by atoms with Crippen molar-refractivity contribution in [3.8, 4) is 0 Å². The minimum Gasteiger partial charge on any atom is -0.356 e. The number of carbonyl (C=O) groups is 3. The van der Waals surface area contributed by atoms with Gasteiger partial charge in [0.1, 0.15) is 0 Å². The van der Waals surface area contributed by atoms with Crippen molar-refractivity contribution in [1.82, 2.24) is 15.1 Å². The zero-order valence-electron chi connectivity index (χ0n) is 15.2. The molecule has 8 heteroatoms. The van der Waals surface area contributed by atoms with Crippen molar-refractivity contribution < 1.29 is 14.4 Å². The van der Waals surface area contributed by atoms with E-state index in [9.17, 15) is 14.4 Å². The van der Waals surface area contributed by atoms with Crippen LogP contribution in [0, 0.1) is 5.92 Å². The van der Waals surface area contributed by atoms with Gasteiger partial charge >= 0.3 is 12.1 Å². The number of nitrogens with zero attached hydrogens (tertiary/aromatic N) is 3. The molecule has 2 aliphatic heterocycles. The molecule has 26 heavy (non-hydrogen) atoms. The third-order valence-electron chi connectivity index (χ3n) is 4.82. The van der Waals surface area contributed by atoms with Crippen LogP contribution in [-0.4, -0.2) is 67.5 Å². The number of carbonyl (C=O) groups excluding carboxylic acids is 3. The molecule has 3 rings (SSSR count). The molecule has 1 aromatic carbocycles. The maximum atomic E-state index is 12.5. The van der Waals surface area contributed by atoms with E-state index in [1.165, 1.54) is 0 Å². The number of hydrogen-bond acceptors (Lipinski definition) is 3. The predicted octanol–water partition coefficient (Wildman–Crippen LogP) is 1.55. The van der Waals surface area contributed by atoms with Crippen LogP contribution in [0.4, 0.5) is 21.0 Å². The predicted molar refractivity (Wildman–Crippen MR) is 99.2 cm³/mol. The number of urea groups is 2. The van der Waals surface area contributed by atoms with Crippen LogP contribution in [0.3, 0.4) is 0 Å². The molecular formula is C18H25N5O3. The van der Waals surface area contributed by atoms with Gasteiger partial charge in [-0.05, 0) is 31.5 Å². The highest BCUT2D eigenvalue weighted by molar-refractivity contribution is 5.96. The largest absolute Gasteiger partial charge is 0.356 e. The van der Waals surface area contributed by atoms with Crippen molar-refractivity contribution in [3.63, 3.8) is 0 Å². The number of rotatable bonds is 4. The smallest absolute Gasteiger partial charge is 0.324 e. The highest BCUT2D eigenvalue weighted by Gasteiger charge is 2.31. The number of likely N-dealkylation sites (N-methyl/N-ethyl adjacent to an activating group) is 1. The second-order valence-electron chi connectivity index (χ2n) is 6.66. The summed E-state index contributed by atoms with van der Waals surface area (Å²) < 4.78 is 0. The van der Waals surface area contributed by atoms with Crippen molar-refractivity contribution in [2.75, 3.05) is 50.0 Å². The lowest BCUT2D eigenvalue weighted by Crippen LogP contribution is -2.36. The molecule has 0 spiro atoms. The Morgan fingerprint density at radius 3 is 2.73 bits per heavy atom. The number of hydrogen-bond donors (Lipinski definition) is 2. The van der Waals surface area contributed by atoms with Crippen LogP contribution in [0.25, 0.3) is 0 Å². The van der Waals surface area contributed by atoms with Crippen LogP contribution in [-0.2, 0) is 4.79 Å². The van der Waals surface area contributed by atoms with Gasteiger partial charge in [0, 0.05) is 51.1 Å². The molecule has 140 valence electrons. The molecule has 8 nitrogen and oxygen atoms in total. The molecule has 2 heterocycles. The Kier molecular flexibility index (Phi) is 5.29. The molecule has 2 N–H and O–H groups in total. The highest BCUT2D eigenvalue weighted by atomic mass is 16.2. The molecule has 0 radical (unpaired) electrons. The van der Waals surface area contributed by atoms with Gasteiger partial charge in [0.25, 0.3) is 0 Å². The first-order valence-corrected chi connectivity index (χ1v) is 8.96. The van der Waals surface area contributed by atoms with Gasteiger partial charge in [0.05, 0.1) is 5.92 Å². The van der Waals surface area contributed by atoms with Crippen molar-refractivity contribution in [2.45, 2.75) is 13.3 Å². The van der Waals surface area contributed by atoms with E-state index in [0.29, 0.717) is 44.8 Å². The molecule has 0 bridgehead atoms. The van der Waals surface area contributed by atoms with E-state index in [4.69, 9.17) is 0 Å². The summed E-state index contributed by atoms with van der Waals surface area (Å²) in [5.41, 5.74) is 1.40. The number of nitrogens with one attached hydrogen (secondary N) is 2. The minimum atomic E-state index is -0.223. The Morgan fingerprint density at radius 2 is 2.04 bits per heavy atom. The fourth-order valence-corrected chi connectivity index (χ4v) is 3.32. The van der Waals surface area contributed by atoms with Crippen LogP contribution in [0.5, 0.6) is 0 Å². The van der Waals surface area contributed by atoms with E-state index in [1.54, 1.807) is 33.9 Å². The number of anilines is 2. The third-order valence-corrected chi connectivity index (χ3v) is 4.82. The summed E-state index contributed by atoms with van der Waals surface area (Å²) >= 11 is 0. The zero-order chi connectivity index (χ0) is 18.7. The number of amides is 5. The fraction of sp³-hybridized carbons (Fsp3) is 0.500. The average Bonchev–Trinajstić information content (AvgIpc) is 3.24. The summed E-state index contributed by atoms with van der Waals surface area (Å²) in [5.74, 6) is -0.147. The van der Waals surface area contributed by atoms with Crippen LogP contribution >= 0.6 is 0 Å². The molecule has 0 unspecified atom stereocenters. The first-order valence-electron chi connectivity index (χ1n) is 8.96. The van der Waals surface area contributed by atoms with E-state index < -0.39 is 0 Å². The molecule has 5 amide bonds. The first kappa shape index (κ1) is 18.0. The SMILES string of the molecule is CCNC(=O)[C@H]1CCN(C(=O)Nc2cccc(N3CCN(C)C3=O)c2)C1. The van der Waals surface area contributed by atoms with Crippen molar-refractivity contribution >= 4 is 29.3 Å². The van der Waals surface area contributed by atoms with E-state index >= 15 is 0 Å². The van der Waals surface area contributed by atoms with E-state index in [1.807, 2.05) is 19.1 Å². The quantitative estimate of drug-likeness (QED) is 0.855. The Labute approximate surface area is 153 Å². The first-order chi connectivity index (χ1) is 12.5. The van der Waals surface area contributed by atoms with Gasteiger partial charge < -0.3 is 20.4 Å². The highest BCUT2D eigenvalue weighted by Crippen LogP contribution is 2.24. The maximum absolute atomic E-state index is 12.5. The summed E-state index contributed by atoms with van der Waals surface area (Å²) in [6.45, 7) is 4.78. The van der Waals surface area contributed by atoms with E-state index in [0.717, 1.165) is 5.69 Å². The van der Waals surface area contributed by atoms with Gasteiger partial charge in [0.15, 0.2) is 0 Å². The van der Waals surface area contributed by atoms with Crippen LogP contribution in [0.1, 0.15) is 13.3 Å². The van der Waals surface area contributed by atoms with Gasteiger partial charge in [0.2, 0.25) is 5.91 Å². The molecule has 0 aromatic heterocycles. The van der Waals surface area contributed by atoms with Gasteiger partial charge in [-0.25, -0.2) is 9.59 Å². The second kappa shape index (κ2) is 7.63. The Balaban J connectivity index is 1.61. The average molecular weight is 359 g/mol. The second-order valence-corrected chi connectivity index (χ2v) is 6.66. The Hall–Kier alpha value is -2.77. The summed E-state index contributed by atoms with van der Waals surface area (Å²) in [7, 11) is 1.77. The van der Waals surface area contributed by atoms with E-state index in [-0.39, 0.29) is 23.9 Å². The topological polar surface area (TPSA) is 85.0 Å². The summed E-state index contributed by atoms with van der Waals surface area (Å²) in [6, 6.07) is 7.00. The minimum absolute atomic E-state index is 0.00135. The van der Waals surface area contributed by atoms with Gasteiger partial charge in [-0.3, -0.25) is 9.69 Å². The molecule has 2 aliphatic rings. The molecule has 0 saturated carbocycles. The normalized spacial score (nSPS) is 19.8. The summed E-state index contributed by atoms with van der Waals surface area (Å²) in [4.78, 5) is 41.5. The zero-order valence-corrected chi connectivity index (χ0v) is 15.2. The lowest BCUT2D eigenvalue weighted by Gasteiger charge is -2.19. The third kappa shape index (κ3) is 3.74. The van der Waals surface area contributed by atoms with Gasteiger partial charge in [-0.15, -0.1) is 0 Å². The van der Waals surface area contributed by atoms with Crippen molar-refractivity contribution in [3.05, 3.63) is 24.3 Å². The maximum Gasteiger partial charge on any atom is 0.324 e. The number of benzene rings is 1. The molecule has 2 fully saturated rings. The molecule has 2 saturated heterocycles. The van der Waals surface area contributed by atoms with Gasteiger partial charge in [-0.2, -0.15) is 0 Å². The fourth-order valence-electron chi connectivity index (χ4n) is 3.32. The summed E-state index contributed by atoms with van der Waals surface area (Å²) in [6.07, 6.45) is 0.675. The molecule has 1 atom stereocenters. The van der Waals surface area contributed by atoms with Gasteiger partial charge in [-0.1, -0.05) is 6.07 Å².